The molecule has 0 fully saturated rings. The zero-order valence-corrected chi connectivity index (χ0v) is 11.5. The normalized spacial score (nSPS) is 12.1. The highest BCUT2D eigenvalue weighted by atomic mass is 32.2. The van der Waals surface area contributed by atoms with E-state index in [1.165, 1.54) is 25.7 Å². The Bertz CT molecular complexity index is 643. The van der Waals surface area contributed by atoms with Gasteiger partial charge in [-0.15, -0.1) is 0 Å². The fraction of sp³-hybridized carbons (Fsp3) is 0.143. The molecule has 0 aliphatic heterocycles. The van der Waals surface area contributed by atoms with E-state index in [2.05, 4.69) is 10.3 Å². The molecule has 0 spiro atoms. The third kappa shape index (κ3) is 2.88. The topological polar surface area (TPSA) is 62.2 Å². The Morgan fingerprint density at radius 1 is 1.32 bits per heavy atom. The first-order valence-corrected chi connectivity index (χ1v) is 6.58. The number of aliphatic hydroxyl groups excluding tert-OH is 1. The molecule has 19 heavy (non-hydrogen) atoms. The lowest BCUT2D eigenvalue weighted by Crippen LogP contribution is -2.19. The summed E-state index contributed by atoms with van der Waals surface area (Å²) >= 11 is 1.21. The van der Waals surface area contributed by atoms with Crippen LogP contribution in [0.1, 0.15) is 6.92 Å². The van der Waals surface area contributed by atoms with Crippen molar-refractivity contribution in [2.75, 3.05) is 7.05 Å². The number of aliphatic hydroxyl groups is 1. The number of thioether (sulfide) groups is 1. The third-order valence-electron chi connectivity index (χ3n) is 2.57. The number of carbonyl (C=O) groups excluding carboxylic acids is 1. The number of benzene rings is 1. The van der Waals surface area contributed by atoms with Gasteiger partial charge in [0.15, 0.2) is 0 Å². The minimum atomic E-state index is -0.307. The number of likely N-dealkylation sites (N-methyl/N-ethyl adjacent to an activating group) is 1. The van der Waals surface area contributed by atoms with E-state index in [0.29, 0.717) is 0 Å². The summed E-state index contributed by atoms with van der Waals surface area (Å²) in [4.78, 5) is 17.2. The second-order valence-electron chi connectivity index (χ2n) is 3.93. The van der Waals surface area contributed by atoms with Crippen LogP contribution >= 0.6 is 11.8 Å². The van der Waals surface area contributed by atoms with Gasteiger partial charge in [-0.3, -0.25) is 9.78 Å². The lowest BCUT2D eigenvalue weighted by Gasteiger charge is -2.08. The van der Waals surface area contributed by atoms with Crippen molar-refractivity contribution in [3.63, 3.8) is 0 Å². The number of aromatic nitrogens is 1. The highest BCUT2D eigenvalue weighted by molar-refractivity contribution is 8.04. The summed E-state index contributed by atoms with van der Waals surface area (Å²) in [6.07, 6.45) is 1.71. The fourth-order valence-electron chi connectivity index (χ4n) is 1.67. The smallest absolute Gasteiger partial charge is 0.261 e. The Labute approximate surface area is 115 Å². The van der Waals surface area contributed by atoms with E-state index in [1.54, 1.807) is 6.20 Å². The maximum Gasteiger partial charge on any atom is 0.261 e. The van der Waals surface area contributed by atoms with Crippen LogP contribution in [0, 0.1) is 0 Å². The molecule has 0 aliphatic carbocycles. The molecule has 0 saturated carbocycles. The molecular weight excluding hydrogens is 260 g/mol. The molecule has 5 heteroatoms. The number of rotatable bonds is 3. The van der Waals surface area contributed by atoms with Crippen LogP contribution in [-0.2, 0) is 4.79 Å². The molecule has 0 unspecified atom stereocenters. The van der Waals surface area contributed by atoms with E-state index in [-0.39, 0.29) is 16.6 Å². The van der Waals surface area contributed by atoms with Crippen LogP contribution in [-0.4, -0.2) is 23.0 Å². The molecule has 1 aromatic carbocycles. The first-order valence-electron chi connectivity index (χ1n) is 5.77. The summed E-state index contributed by atoms with van der Waals surface area (Å²) in [5, 5.41) is 13.1. The molecule has 0 saturated heterocycles. The zero-order chi connectivity index (χ0) is 13.8. The minimum Gasteiger partial charge on any atom is -0.511 e. The molecule has 0 bridgehead atoms. The molecule has 2 N–H and O–H groups in total. The average molecular weight is 274 g/mol. The maximum atomic E-state index is 11.7. The summed E-state index contributed by atoms with van der Waals surface area (Å²) in [6, 6.07) is 9.57. The van der Waals surface area contributed by atoms with Crippen molar-refractivity contribution < 1.29 is 9.90 Å². The number of hydrogen-bond acceptors (Lipinski definition) is 4. The average Bonchev–Trinajstić information content (AvgIpc) is 2.43. The van der Waals surface area contributed by atoms with Crippen LogP contribution in [0.5, 0.6) is 0 Å². The van der Waals surface area contributed by atoms with E-state index in [1.807, 2.05) is 30.3 Å². The predicted molar refractivity (Wildman–Crippen MR) is 77.0 cm³/mol. The van der Waals surface area contributed by atoms with Crippen LogP contribution in [0.4, 0.5) is 0 Å². The number of nitrogens with zero attached hydrogens (tertiary/aromatic N) is 1. The molecule has 2 aromatic rings. The summed E-state index contributed by atoms with van der Waals surface area (Å²) < 4.78 is 0. The SMILES string of the molecule is CNC(=O)/C(Sc1cccc2cccnc12)=C(\C)O. The monoisotopic (exact) mass is 274 g/mol. The van der Waals surface area contributed by atoms with Crippen LogP contribution in [0.3, 0.4) is 0 Å². The first kappa shape index (κ1) is 13.4. The van der Waals surface area contributed by atoms with Gasteiger partial charge in [-0.1, -0.05) is 30.0 Å². The molecule has 0 atom stereocenters. The van der Waals surface area contributed by atoms with Crippen LogP contribution in [0.2, 0.25) is 0 Å². The van der Waals surface area contributed by atoms with E-state index in [0.717, 1.165) is 15.8 Å². The Morgan fingerprint density at radius 2 is 2.05 bits per heavy atom. The van der Waals surface area contributed by atoms with Crippen LogP contribution in [0.25, 0.3) is 10.9 Å². The highest BCUT2D eigenvalue weighted by Gasteiger charge is 2.15. The van der Waals surface area contributed by atoms with E-state index >= 15 is 0 Å². The summed E-state index contributed by atoms with van der Waals surface area (Å²) in [5.41, 5.74) is 0.817. The largest absolute Gasteiger partial charge is 0.511 e. The number of allylic oxidation sites excluding steroid dienone is 1. The van der Waals surface area contributed by atoms with E-state index < -0.39 is 0 Å². The van der Waals surface area contributed by atoms with Gasteiger partial charge in [0, 0.05) is 23.5 Å². The maximum absolute atomic E-state index is 11.7. The number of nitrogens with one attached hydrogen (secondary N) is 1. The molecule has 0 radical (unpaired) electrons. The number of carbonyl (C=O) groups is 1. The van der Waals surface area contributed by atoms with Crippen LogP contribution in [0.15, 0.2) is 52.1 Å². The Hall–Kier alpha value is -2.01. The molecule has 1 aromatic heterocycles. The Kier molecular flexibility index (Phi) is 4.06. The number of pyridine rings is 1. The van der Waals surface area contributed by atoms with Gasteiger partial charge in [0.1, 0.15) is 10.7 Å². The lowest BCUT2D eigenvalue weighted by atomic mass is 10.2. The number of amides is 1. The number of fused-ring (bicyclic) bond motifs is 1. The number of para-hydroxylation sites is 1. The van der Waals surface area contributed by atoms with Crippen molar-refractivity contribution in [3.05, 3.63) is 47.2 Å². The van der Waals surface area contributed by atoms with Crippen molar-refractivity contribution in [1.82, 2.24) is 10.3 Å². The highest BCUT2D eigenvalue weighted by Crippen LogP contribution is 2.32. The lowest BCUT2D eigenvalue weighted by molar-refractivity contribution is -0.116. The van der Waals surface area contributed by atoms with Gasteiger partial charge in [0.05, 0.1) is 5.52 Å². The molecule has 2 rings (SSSR count). The first-order chi connectivity index (χ1) is 9.13. The van der Waals surface area contributed by atoms with Gasteiger partial charge in [0.25, 0.3) is 5.91 Å². The van der Waals surface area contributed by atoms with Gasteiger partial charge in [-0.05, 0) is 19.1 Å². The molecule has 4 nitrogen and oxygen atoms in total. The summed E-state index contributed by atoms with van der Waals surface area (Å²) in [5.74, 6) is -0.310. The van der Waals surface area contributed by atoms with Crippen LogP contribution < -0.4 is 5.32 Å². The quantitative estimate of drug-likeness (QED) is 0.513. The molecule has 1 heterocycles. The van der Waals surface area contributed by atoms with E-state index in [9.17, 15) is 9.90 Å². The minimum absolute atomic E-state index is 0.00251. The second-order valence-corrected chi connectivity index (χ2v) is 4.98. The second kappa shape index (κ2) is 5.75. The molecule has 98 valence electrons. The number of hydrogen-bond donors (Lipinski definition) is 2. The summed E-state index contributed by atoms with van der Waals surface area (Å²) in [7, 11) is 1.53. The summed E-state index contributed by atoms with van der Waals surface area (Å²) in [6.45, 7) is 1.50. The zero-order valence-electron chi connectivity index (χ0n) is 10.7. The van der Waals surface area contributed by atoms with Gasteiger partial charge in [-0.2, -0.15) is 0 Å². The van der Waals surface area contributed by atoms with Crippen molar-refractivity contribution in [2.45, 2.75) is 11.8 Å². The standard InChI is InChI=1S/C14H14N2O2S/c1-9(17)13(14(18)15-2)19-11-7-3-5-10-6-4-8-16-12(10)11/h3-8,17H,1-2H3,(H,15,18)/b13-9-. The molecule has 1 amide bonds. The van der Waals surface area contributed by atoms with Gasteiger partial charge >= 0.3 is 0 Å². The predicted octanol–water partition coefficient (Wildman–Crippen LogP) is 2.86. The van der Waals surface area contributed by atoms with E-state index in [4.69, 9.17) is 0 Å². The van der Waals surface area contributed by atoms with Gasteiger partial charge < -0.3 is 10.4 Å². The van der Waals surface area contributed by atoms with Gasteiger partial charge in [-0.25, -0.2) is 0 Å². The van der Waals surface area contributed by atoms with Gasteiger partial charge in [0.2, 0.25) is 0 Å². The Morgan fingerprint density at radius 3 is 2.74 bits per heavy atom. The fourth-order valence-corrected chi connectivity index (χ4v) is 2.64. The molecular formula is C14H14N2O2S. The molecule has 0 aliphatic rings. The Balaban J connectivity index is 2.46. The van der Waals surface area contributed by atoms with Crippen molar-refractivity contribution >= 4 is 28.6 Å². The van der Waals surface area contributed by atoms with Crippen molar-refractivity contribution in [3.8, 4) is 0 Å². The van der Waals surface area contributed by atoms with Crippen molar-refractivity contribution in [2.24, 2.45) is 0 Å². The third-order valence-corrected chi connectivity index (χ3v) is 3.80. The van der Waals surface area contributed by atoms with Crippen molar-refractivity contribution in [1.29, 1.82) is 0 Å².